The number of anilines is 1. The minimum absolute atomic E-state index is 0.0170. The molecule has 1 fully saturated rings. The van der Waals surface area contributed by atoms with Crippen molar-refractivity contribution in [1.29, 1.82) is 0 Å². The molecule has 11 heteroatoms. The molecule has 3 aromatic rings. The lowest BCUT2D eigenvalue weighted by molar-refractivity contribution is -0.139. The molecular weight excluding hydrogens is 593 g/mol. The quantitative estimate of drug-likeness (QED) is 0.287. The molecule has 3 aromatic carbocycles. The van der Waals surface area contributed by atoms with Crippen molar-refractivity contribution in [2.75, 3.05) is 10.8 Å². The van der Waals surface area contributed by atoms with Crippen LogP contribution >= 0.6 is 34.8 Å². The maximum atomic E-state index is 14.0. The fourth-order valence-electron chi connectivity index (χ4n) is 4.67. The lowest BCUT2D eigenvalue weighted by Gasteiger charge is -2.32. The van der Waals surface area contributed by atoms with Crippen molar-refractivity contribution in [2.45, 2.75) is 56.1 Å². The van der Waals surface area contributed by atoms with Gasteiger partial charge in [-0.2, -0.15) is 0 Å². The van der Waals surface area contributed by atoms with E-state index >= 15 is 0 Å². The van der Waals surface area contributed by atoms with E-state index in [2.05, 4.69) is 5.32 Å². The van der Waals surface area contributed by atoms with Crippen LogP contribution in [-0.2, 0) is 26.2 Å². The second-order valence-electron chi connectivity index (χ2n) is 9.74. The average molecular weight is 623 g/mol. The number of sulfonamides is 1. The normalized spacial score (nSPS) is 14.5. The van der Waals surface area contributed by atoms with Crippen molar-refractivity contribution >= 4 is 62.3 Å². The molecule has 0 unspecified atom stereocenters. The second-order valence-corrected chi connectivity index (χ2v) is 12.9. The molecule has 7 nitrogen and oxygen atoms in total. The van der Waals surface area contributed by atoms with E-state index in [-0.39, 0.29) is 23.4 Å². The monoisotopic (exact) mass is 621 g/mol. The van der Waals surface area contributed by atoms with E-state index in [1.807, 2.05) is 0 Å². The summed E-state index contributed by atoms with van der Waals surface area (Å²) in [6, 6.07) is 18.2. The van der Waals surface area contributed by atoms with Crippen LogP contribution in [0.3, 0.4) is 0 Å². The molecule has 0 spiro atoms. The highest BCUT2D eigenvalue weighted by Gasteiger charge is 2.33. The van der Waals surface area contributed by atoms with E-state index < -0.39 is 28.5 Å². The van der Waals surface area contributed by atoms with Crippen molar-refractivity contribution in [3.63, 3.8) is 0 Å². The molecule has 1 aliphatic carbocycles. The molecule has 1 aliphatic rings. The van der Waals surface area contributed by atoms with Gasteiger partial charge >= 0.3 is 0 Å². The summed E-state index contributed by atoms with van der Waals surface area (Å²) >= 11 is 18.3. The Morgan fingerprint density at radius 2 is 1.57 bits per heavy atom. The highest BCUT2D eigenvalue weighted by atomic mass is 35.5. The van der Waals surface area contributed by atoms with Gasteiger partial charge in [-0.15, -0.1) is 0 Å². The number of hydrogen-bond acceptors (Lipinski definition) is 4. The minimum Gasteiger partial charge on any atom is -0.352 e. The number of nitrogens with one attached hydrogen (secondary N) is 1. The highest BCUT2D eigenvalue weighted by molar-refractivity contribution is 7.92. The first-order valence-corrected chi connectivity index (χ1v) is 15.5. The fraction of sp³-hybridized carbons (Fsp3) is 0.310. The largest absolute Gasteiger partial charge is 0.352 e. The van der Waals surface area contributed by atoms with Gasteiger partial charge in [0.15, 0.2) is 0 Å². The van der Waals surface area contributed by atoms with Crippen molar-refractivity contribution in [3.8, 4) is 0 Å². The van der Waals surface area contributed by atoms with Crippen molar-refractivity contribution in [2.24, 2.45) is 0 Å². The molecule has 40 heavy (non-hydrogen) atoms. The molecular formula is C29H30Cl3N3O4S. The molecule has 0 heterocycles. The number of carbonyl (C=O) groups is 2. The SMILES string of the molecule is C[C@H](C(=O)NC1CCCC1)N(Cc1ccc(Cl)c(Cl)c1)C(=O)CN(c1ccccc1)S(=O)(=O)c1ccc(Cl)cc1. The van der Waals surface area contributed by atoms with Gasteiger partial charge in [-0.3, -0.25) is 13.9 Å². The molecule has 0 radical (unpaired) electrons. The van der Waals surface area contributed by atoms with E-state index in [0.717, 1.165) is 30.0 Å². The molecule has 0 aliphatic heterocycles. The zero-order valence-electron chi connectivity index (χ0n) is 21.9. The van der Waals surface area contributed by atoms with Crippen molar-refractivity contribution in [1.82, 2.24) is 10.2 Å². The first-order valence-electron chi connectivity index (χ1n) is 12.9. The Labute approximate surface area is 250 Å². The van der Waals surface area contributed by atoms with Crippen molar-refractivity contribution < 1.29 is 18.0 Å². The van der Waals surface area contributed by atoms with Gasteiger partial charge in [-0.1, -0.05) is 71.9 Å². The number of hydrogen-bond donors (Lipinski definition) is 1. The van der Waals surface area contributed by atoms with Crippen LogP contribution in [0.15, 0.2) is 77.7 Å². The maximum Gasteiger partial charge on any atom is 0.264 e. The first kappa shape index (κ1) is 30.2. The number of para-hydroxylation sites is 1. The zero-order valence-corrected chi connectivity index (χ0v) is 25.0. The van der Waals surface area contributed by atoms with Crippen LogP contribution in [0.25, 0.3) is 0 Å². The number of benzene rings is 3. The van der Waals surface area contributed by atoms with Gasteiger partial charge in [0.1, 0.15) is 12.6 Å². The number of amides is 2. The number of rotatable bonds is 10. The minimum atomic E-state index is -4.16. The predicted molar refractivity (Wildman–Crippen MR) is 159 cm³/mol. The van der Waals surface area contributed by atoms with E-state index in [1.54, 1.807) is 55.5 Å². The molecule has 2 amide bonds. The number of nitrogens with zero attached hydrogens (tertiary/aromatic N) is 2. The Kier molecular flexibility index (Phi) is 10.0. The number of halogens is 3. The summed E-state index contributed by atoms with van der Waals surface area (Å²) in [5, 5.41) is 4.10. The van der Waals surface area contributed by atoms with Crippen LogP contribution in [0.5, 0.6) is 0 Å². The molecule has 212 valence electrons. The molecule has 1 saturated carbocycles. The van der Waals surface area contributed by atoms with Crippen LogP contribution in [0.1, 0.15) is 38.2 Å². The summed E-state index contributed by atoms with van der Waals surface area (Å²) in [6.45, 7) is 1.14. The predicted octanol–water partition coefficient (Wildman–Crippen LogP) is 6.32. The third-order valence-corrected chi connectivity index (χ3v) is 9.71. The Morgan fingerprint density at radius 3 is 2.20 bits per heavy atom. The van der Waals surface area contributed by atoms with E-state index in [0.29, 0.717) is 26.3 Å². The van der Waals surface area contributed by atoms with Gasteiger partial charge in [-0.05, 0) is 73.9 Å². The molecule has 0 aromatic heterocycles. The topological polar surface area (TPSA) is 86.8 Å². The fourth-order valence-corrected chi connectivity index (χ4v) is 6.53. The molecule has 0 saturated heterocycles. The van der Waals surface area contributed by atoms with Gasteiger partial charge in [-0.25, -0.2) is 8.42 Å². The third-order valence-electron chi connectivity index (χ3n) is 6.93. The third kappa shape index (κ3) is 7.29. The van der Waals surface area contributed by atoms with Crippen LogP contribution < -0.4 is 9.62 Å². The Hall–Kier alpha value is -2.78. The van der Waals surface area contributed by atoms with Crippen LogP contribution in [-0.4, -0.2) is 43.8 Å². The van der Waals surface area contributed by atoms with Gasteiger partial charge < -0.3 is 10.2 Å². The molecule has 0 bridgehead atoms. The number of carbonyl (C=O) groups excluding carboxylic acids is 2. The van der Waals surface area contributed by atoms with Crippen LogP contribution in [0, 0.1) is 0 Å². The van der Waals surface area contributed by atoms with Gasteiger partial charge in [0.05, 0.1) is 20.6 Å². The molecule has 1 N–H and O–H groups in total. The summed E-state index contributed by atoms with van der Waals surface area (Å²) in [5.41, 5.74) is 0.957. The molecule has 1 atom stereocenters. The average Bonchev–Trinajstić information content (AvgIpc) is 3.45. The van der Waals surface area contributed by atoms with Gasteiger partial charge in [0.2, 0.25) is 11.8 Å². The standard InChI is InChI=1S/C29H30Cl3N3O4S/c1-20(29(37)33-23-7-5-6-8-23)34(18-21-11-16-26(31)27(32)17-21)28(36)19-35(24-9-3-2-4-10-24)40(38,39)25-14-12-22(30)13-15-25/h2-4,9-17,20,23H,5-8,18-19H2,1H3,(H,33,37)/t20-/m1/s1. The second kappa shape index (κ2) is 13.3. The zero-order chi connectivity index (χ0) is 28.9. The molecule has 4 rings (SSSR count). The van der Waals surface area contributed by atoms with E-state index in [1.165, 1.54) is 29.2 Å². The first-order chi connectivity index (χ1) is 19.1. The smallest absolute Gasteiger partial charge is 0.264 e. The van der Waals surface area contributed by atoms with Crippen molar-refractivity contribution in [3.05, 3.63) is 93.4 Å². The van der Waals surface area contributed by atoms with E-state index in [4.69, 9.17) is 34.8 Å². The van der Waals surface area contributed by atoms with Gasteiger partial charge in [0.25, 0.3) is 10.0 Å². The Morgan fingerprint density at radius 1 is 0.925 bits per heavy atom. The summed E-state index contributed by atoms with van der Waals surface area (Å²) < 4.78 is 28.6. The van der Waals surface area contributed by atoms with Crippen LogP contribution in [0.2, 0.25) is 15.1 Å². The summed E-state index contributed by atoms with van der Waals surface area (Å²) in [7, 11) is -4.16. The summed E-state index contributed by atoms with van der Waals surface area (Å²) in [6.07, 6.45) is 3.86. The summed E-state index contributed by atoms with van der Waals surface area (Å²) in [5.74, 6) is -0.853. The summed E-state index contributed by atoms with van der Waals surface area (Å²) in [4.78, 5) is 28.6. The van der Waals surface area contributed by atoms with Crippen LogP contribution in [0.4, 0.5) is 5.69 Å². The Balaban J connectivity index is 1.67. The van der Waals surface area contributed by atoms with Gasteiger partial charge in [0, 0.05) is 17.6 Å². The Bertz CT molecular complexity index is 1450. The lowest BCUT2D eigenvalue weighted by Crippen LogP contribution is -2.52. The van der Waals surface area contributed by atoms with E-state index in [9.17, 15) is 18.0 Å². The maximum absolute atomic E-state index is 14.0. The highest BCUT2D eigenvalue weighted by Crippen LogP contribution is 2.27. The lowest BCUT2D eigenvalue weighted by atomic mass is 10.1.